The maximum atomic E-state index is 6.62. The van der Waals surface area contributed by atoms with Gasteiger partial charge in [0, 0.05) is 54.7 Å². The fourth-order valence-electron chi connectivity index (χ4n) is 8.66. The van der Waals surface area contributed by atoms with Crippen molar-refractivity contribution in [1.29, 1.82) is 0 Å². The lowest BCUT2D eigenvalue weighted by Crippen LogP contribution is -1.96. The van der Waals surface area contributed by atoms with Crippen molar-refractivity contribution >= 4 is 54.8 Å². The first-order chi connectivity index (χ1) is 29.7. The Kier molecular flexibility index (Phi) is 7.78. The molecular weight excluding hydrogens is 735 g/mol. The Labute approximate surface area is 344 Å². The summed E-state index contributed by atoms with van der Waals surface area (Å²) < 4.78 is 13.0. The van der Waals surface area contributed by atoms with E-state index in [4.69, 9.17) is 23.8 Å². The van der Waals surface area contributed by atoms with Gasteiger partial charge in [0.1, 0.15) is 22.4 Å². The molecule has 60 heavy (non-hydrogen) atoms. The number of furan rings is 2. The van der Waals surface area contributed by atoms with E-state index in [0.29, 0.717) is 5.82 Å². The van der Waals surface area contributed by atoms with Gasteiger partial charge < -0.3 is 8.83 Å². The van der Waals surface area contributed by atoms with Gasteiger partial charge in [-0.1, -0.05) is 170 Å². The molecule has 0 atom stereocenters. The molecule has 0 aliphatic rings. The zero-order valence-corrected chi connectivity index (χ0v) is 32.2. The minimum Gasteiger partial charge on any atom is -0.455 e. The molecule has 0 N–H and O–H groups in total. The second kappa shape index (κ2) is 13.8. The number of aromatic nitrogens is 3. The monoisotopic (exact) mass is 767 g/mol. The number of para-hydroxylation sites is 3. The van der Waals surface area contributed by atoms with Gasteiger partial charge in [-0.05, 0) is 47.0 Å². The molecule has 280 valence electrons. The molecule has 0 saturated heterocycles. The number of fused-ring (bicyclic) bond motifs is 8. The summed E-state index contributed by atoms with van der Waals surface area (Å²) in [7, 11) is 0. The fraction of sp³-hybridized carbons (Fsp3) is 0. The standard InChI is InChI=1S/C55H33N3O2/c1-3-14-36(15-4-1)52-54-51(44-21-8-10-27-49(44)60-54)50-40(22-13-25-45(50)56-52)38-18-11-19-39(32-38)47-33-46(57-55(58-47)37-16-5-2-6-17-37)35-30-28-34(29-31-35)41-23-12-24-43-42-20-7-9-26-48(42)59-53(41)43/h1-33H. The van der Waals surface area contributed by atoms with Gasteiger partial charge in [0.05, 0.1) is 16.9 Å². The third kappa shape index (κ3) is 5.59. The molecule has 0 spiro atoms. The molecule has 5 nitrogen and oxygen atoms in total. The van der Waals surface area contributed by atoms with Crippen LogP contribution < -0.4 is 0 Å². The first kappa shape index (κ1) is 33.9. The van der Waals surface area contributed by atoms with E-state index in [1.54, 1.807) is 0 Å². The SMILES string of the molecule is c1ccc(-c2nc(-c3ccc(-c4cccc5c4oc4ccccc45)cc3)cc(-c3cccc(-c4cccc5nc(-c6ccccc6)c6oc7ccccc7c6c45)c3)n2)cc1. The Bertz CT molecular complexity index is 3590. The molecule has 8 aromatic carbocycles. The van der Waals surface area contributed by atoms with Crippen LogP contribution in [0.15, 0.2) is 209 Å². The molecule has 4 aromatic heterocycles. The summed E-state index contributed by atoms with van der Waals surface area (Å²) in [5.74, 6) is 0.666. The maximum absolute atomic E-state index is 6.62. The van der Waals surface area contributed by atoms with Gasteiger partial charge in [-0.3, -0.25) is 0 Å². The molecule has 0 fully saturated rings. The van der Waals surface area contributed by atoms with Gasteiger partial charge in [0.15, 0.2) is 11.4 Å². The first-order valence-corrected chi connectivity index (χ1v) is 20.1. The van der Waals surface area contributed by atoms with Crippen molar-refractivity contribution in [2.75, 3.05) is 0 Å². The van der Waals surface area contributed by atoms with Crippen molar-refractivity contribution in [3.8, 4) is 67.4 Å². The number of hydrogen-bond donors (Lipinski definition) is 0. The highest BCUT2D eigenvalue weighted by Gasteiger charge is 2.21. The first-order valence-electron chi connectivity index (χ1n) is 20.1. The van der Waals surface area contributed by atoms with Crippen molar-refractivity contribution in [3.05, 3.63) is 200 Å². The number of hydrogen-bond acceptors (Lipinski definition) is 5. The van der Waals surface area contributed by atoms with Gasteiger partial charge in [-0.15, -0.1) is 0 Å². The van der Waals surface area contributed by atoms with Crippen molar-refractivity contribution in [2.45, 2.75) is 0 Å². The van der Waals surface area contributed by atoms with E-state index in [9.17, 15) is 0 Å². The summed E-state index contributed by atoms with van der Waals surface area (Å²) in [5, 5.41) is 5.41. The average Bonchev–Trinajstić information content (AvgIpc) is 3.91. The second-order valence-corrected chi connectivity index (χ2v) is 15.1. The van der Waals surface area contributed by atoms with Crippen LogP contribution in [0.5, 0.6) is 0 Å². The summed E-state index contributed by atoms with van der Waals surface area (Å²) in [4.78, 5) is 15.6. The number of benzene rings is 8. The lowest BCUT2D eigenvalue weighted by Gasteiger charge is -2.13. The smallest absolute Gasteiger partial charge is 0.162 e. The van der Waals surface area contributed by atoms with Crippen LogP contribution in [0.4, 0.5) is 0 Å². The van der Waals surface area contributed by atoms with E-state index in [0.717, 1.165) is 116 Å². The molecule has 4 heterocycles. The predicted octanol–water partition coefficient (Wildman–Crippen LogP) is 14.8. The summed E-state index contributed by atoms with van der Waals surface area (Å²) in [5.41, 5.74) is 15.0. The molecule has 12 rings (SSSR count). The Morgan fingerprint density at radius 1 is 0.317 bits per heavy atom. The van der Waals surface area contributed by atoms with Gasteiger partial charge >= 0.3 is 0 Å². The second-order valence-electron chi connectivity index (χ2n) is 15.1. The lowest BCUT2D eigenvalue weighted by molar-refractivity contribution is 0.668. The molecular formula is C55H33N3O2. The zero-order chi connectivity index (χ0) is 39.6. The van der Waals surface area contributed by atoms with E-state index >= 15 is 0 Å². The molecule has 0 radical (unpaired) electrons. The number of pyridine rings is 1. The van der Waals surface area contributed by atoms with Crippen LogP contribution in [0, 0.1) is 0 Å². The van der Waals surface area contributed by atoms with Crippen LogP contribution in [-0.4, -0.2) is 15.0 Å². The highest BCUT2D eigenvalue weighted by Crippen LogP contribution is 2.43. The third-order valence-electron chi connectivity index (χ3n) is 11.5. The zero-order valence-electron chi connectivity index (χ0n) is 32.2. The van der Waals surface area contributed by atoms with Crippen LogP contribution in [0.25, 0.3) is 122 Å². The minimum absolute atomic E-state index is 0.666. The molecule has 0 unspecified atom stereocenters. The van der Waals surface area contributed by atoms with E-state index in [1.807, 2.05) is 60.7 Å². The van der Waals surface area contributed by atoms with Crippen LogP contribution in [0.1, 0.15) is 0 Å². The Morgan fingerprint density at radius 3 is 1.68 bits per heavy atom. The molecule has 0 aliphatic heterocycles. The van der Waals surface area contributed by atoms with E-state index in [2.05, 4.69) is 140 Å². The molecule has 0 bridgehead atoms. The third-order valence-corrected chi connectivity index (χ3v) is 11.5. The predicted molar refractivity (Wildman–Crippen MR) is 245 cm³/mol. The number of rotatable bonds is 6. The van der Waals surface area contributed by atoms with E-state index < -0.39 is 0 Å². The van der Waals surface area contributed by atoms with E-state index in [-0.39, 0.29) is 0 Å². The topological polar surface area (TPSA) is 65.0 Å². The van der Waals surface area contributed by atoms with Crippen LogP contribution in [0.2, 0.25) is 0 Å². The van der Waals surface area contributed by atoms with Gasteiger partial charge in [-0.25, -0.2) is 15.0 Å². The highest BCUT2D eigenvalue weighted by atomic mass is 16.3. The van der Waals surface area contributed by atoms with E-state index in [1.165, 1.54) is 0 Å². The molecule has 5 heteroatoms. The highest BCUT2D eigenvalue weighted by molar-refractivity contribution is 6.24. The van der Waals surface area contributed by atoms with Gasteiger partial charge in [-0.2, -0.15) is 0 Å². The van der Waals surface area contributed by atoms with Crippen molar-refractivity contribution in [1.82, 2.24) is 15.0 Å². The van der Waals surface area contributed by atoms with Crippen molar-refractivity contribution in [2.24, 2.45) is 0 Å². The Morgan fingerprint density at radius 2 is 0.883 bits per heavy atom. The molecule has 0 amide bonds. The largest absolute Gasteiger partial charge is 0.455 e. The molecule has 0 aliphatic carbocycles. The summed E-state index contributed by atoms with van der Waals surface area (Å²) in [6.45, 7) is 0. The summed E-state index contributed by atoms with van der Waals surface area (Å²) in [6.07, 6.45) is 0. The lowest BCUT2D eigenvalue weighted by atomic mass is 9.94. The normalized spacial score (nSPS) is 11.7. The summed E-state index contributed by atoms with van der Waals surface area (Å²) >= 11 is 0. The Hall–Kier alpha value is -8.15. The average molecular weight is 768 g/mol. The molecule has 12 aromatic rings. The summed E-state index contributed by atoms with van der Waals surface area (Å²) in [6, 6.07) is 69.0. The Balaban J connectivity index is 0.995. The fourth-order valence-corrected chi connectivity index (χ4v) is 8.66. The number of nitrogens with zero attached hydrogens (tertiary/aromatic N) is 3. The van der Waals surface area contributed by atoms with Crippen LogP contribution >= 0.6 is 0 Å². The maximum Gasteiger partial charge on any atom is 0.162 e. The van der Waals surface area contributed by atoms with Gasteiger partial charge in [0.25, 0.3) is 0 Å². The van der Waals surface area contributed by atoms with Crippen molar-refractivity contribution < 1.29 is 8.83 Å². The molecule has 0 saturated carbocycles. The van der Waals surface area contributed by atoms with Crippen LogP contribution in [-0.2, 0) is 0 Å². The minimum atomic E-state index is 0.666. The van der Waals surface area contributed by atoms with Crippen molar-refractivity contribution in [3.63, 3.8) is 0 Å². The van der Waals surface area contributed by atoms with Crippen LogP contribution in [0.3, 0.4) is 0 Å². The van der Waals surface area contributed by atoms with Gasteiger partial charge in [0.2, 0.25) is 0 Å². The quantitative estimate of drug-likeness (QED) is 0.169.